The van der Waals surface area contributed by atoms with Crippen molar-refractivity contribution in [2.45, 2.75) is 219 Å². The van der Waals surface area contributed by atoms with Crippen molar-refractivity contribution in [1.82, 2.24) is 0 Å². The van der Waals surface area contributed by atoms with Gasteiger partial charge in [0.1, 0.15) is 0 Å². The second kappa shape index (κ2) is 31.8. The summed E-state index contributed by atoms with van der Waals surface area (Å²) in [4.78, 5) is 24.9. The van der Waals surface area contributed by atoms with Crippen LogP contribution in [0.1, 0.15) is 206 Å². The van der Waals surface area contributed by atoms with Gasteiger partial charge in [0.15, 0.2) is 0 Å². The van der Waals surface area contributed by atoms with Crippen molar-refractivity contribution in [3.05, 3.63) is 0 Å². The number of unbranched alkanes of at least 4 members (excludes halogenated alkanes) is 24. The first-order valence-corrected chi connectivity index (χ1v) is 18.8. The molecular formula is C37H72O7. The minimum absolute atomic E-state index is 0.0187. The summed E-state index contributed by atoms with van der Waals surface area (Å²) in [6.45, 7) is 4.19. The Labute approximate surface area is 271 Å². The lowest BCUT2D eigenvalue weighted by Crippen LogP contribution is -2.43. The molecule has 0 saturated heterocycles. The van der Waals surface area contributed by atoms with Crippen LogP contribution in [0, 0.1) is 0 Å². The zero-order chi connectivity index (χ0) is 32.6. The Morgan fingerprint density at radius 1 is 0.523 bits per heavy atom. The highest BCUT2D eigenvalue weighted by atomic mass is 16.8. The first-order chi connectivity index (χ1) is 21.4. The molecule has 0 aromatic rings. The van der Waals surface area contributed by atoms with Gasteiger partial charge in [0.05, 0.1) is 12.5 Å². The number of carbonyl (C=O) groups is 2. The molecule has 1 atom stereocenters. The number of carbonyl (C=O) groups excluding carboxylic acids is 2. The van der Waals surface area contributed by atoms with Gasteiger partial charge in [0.25, 0.3) is 0 Å². The molecule has 0 heterocycles. The molecule has 44 heavy (non-hydrogen) atoms. The lowest BCUT2D eigenvalue weighted by molar-refractivity contribution is -0.334. The third-order valence-electron chi connectivity index (χ3n) is 8.47. The van der Waals surface area contributed by atoms with E-state index >= 15 is 0 Å². The maximum absolute atomic E-state index is 12.5. The Balaban J connectivity index is 4.11. The van der Waals surface area contributed by atoms with E-state index in [0.717, 1.165) is 38.5 Å². The van der Waals surface area contributed by atoms with Crippen LogP contribution in [0.3, 0.4) is 0 Å². The van der Waals surface area contributed by atoms with Gasteiger partial charge in [0.2, 0.25) is 0 Å². The Morgan fingerprint density at radius 2 is 0.795 bits per heavy atom. The molecule has 7 nitrogen and oxygen atoms in total. The van der Waals surface area contributed by atoms with Gasteiger partial charge in [-0.3, -0.25) is 9.59 Å². The van der Waals surface area contributed by atoms with Gasteiger partial charge in [-0.05, 0) is 19.3 Å². The van der Waals surface area contributed by atoms with Crippen molar-refractivity contribution in [3.63, 3.8) is 0 Å². The molecule has 0 aliphatic carbocycles. The second-order valence-electron chi connectivity index (χ2n) is 13.0. The summed E-state index contributed by atoms with van der Waals surface area (Å²) in [5.74, 6) is -3.82. The lowest BCUT2D eigenvalue weighted by atomic mass is 10.0. The van der Waals surface area contributed by atoms with Crippen LogP contribution >= 0.6 is 0 Å². The molecule has 0 fully saturated rings. The van der Waals surface area contributed by atoms with Gasteiger partial charge < -0.3 is 24.8 Å². The predicted molar refractivity (Wildman–Crippen MR) is 180 cm³/mol. The van der Waals surface area contributed by atoms with Crippen molar-refractivity contribution >= 4 is 11.9 Å². The van der Waals surface area contributed by atoms with Gasteiger partial charge >= 0.3 is 17.9 Å². The van der Waals surface area contributed by atoms with E-state index in [9.17, 15) is 19.8 Å². The molecule has 0 radical (unpaired) electrons. The van der Waals surface area contributed by atoms with E-state index in [0.29, 0.717) is 12.8 Å². The average Bonchev–Trinajstić information content (AvgIpc) is 2.97. The fraction of sp³-hybridized carbons (Fsp3) is 0.946. The average molecular weight is 629 g/mol. The molecule has 0 spiro atoms. The molecule has 0 aromatic carbocycles. The maximum Gasteiger partial charge on any atom is 0.375 e. The highest BCUT2D eigenvalue weighted by molar-refractivity contribution is 5.71. The SMILES string of the molecule is CCCCCCCCCCCCCCCC(=O)OC(O)(CC(O)CCO)OC(=O)CCCCCCCCCCCCCCC. The molecule has 0 amide bonds. The fourth-order valence-electron chi connectivity index (χ4n) is 5.69. The summed E-state index contributed by atoms with van der Waals surface area (Å²) in [5, 5.41) is 30.0. The van der Waals surface area contributed by atoms with Crippen LogP contribution in [0.25, 0.3) is 0 Å². The van der Waals surface area contributed by atoms with Crippen LogP contribution in [0.2, 0.25) is 0 Å². The zero-order valence-electron chi connectivity index (χ0n) is 29.0. The monoisotopic (exact) mass is 629 g/mol. The van der Waals surface area contributed by atoms with Crippen LogP contribution in [-0.2, 0) is 19.1 Å². The van der Waals surface area contributed by atoms with E-state index in [2.05, 4.69) is 13.8 Å². The topological polar surface area (TPSA) is 113 Å². The number of aliphatic hydroxyl groups is 3. The molecule has 0 rings (SSSR count). The first-order valence-electron chi connectivity index (χ1n) is 18.8. The van der Waals surface area contributed by atoms with Gasteiger partial charge in [-0.25, -0.2) is 0 Å². The van der Waals surface area contributed by atoms with E-state index < -0.39 is 30.4 Å². The highest BCUT2D eigenvalue weighted by Crippen LogP contribution is 2.22. The van der Waals surface area contributed by atoms with E-state index in [-0.39, 0.29) is 25.9 Å². The van der Waals surface area contributed by atoms with Crippen molar-refractivity contribution in [1.29, 1.82) is 0 Å². The molecule has 262 valence electrons. The van der Waals surface area contributed by atoms with Crippen LogP contribution < -0.4 is 0 Å². The molecule has 0 aliphatic heterocycles. The summed E-state index contributed by atoms with van der Waals surface area (Å²) in [5.41, 5.74) is 0. The minimum Gasteiger partial charge on any atom is -0.398 e. The van der Waals surface area contributed by atoms with E-state index in [1.54, 1.807) is 0 Å². The van der Waals surface area contributed by atoms with Crippen molar-refractivity contribution < 1.29 is 34.4 Å². The largest absolute Gasteiger partial charge is 0.398 e. The van der Waals surface area contributed by atoms with E-state index in [1.165, 1.54) is 116 Å². The summed E-state index contributed by atoms with van der Waals surface area (Å²) < 4.78 is 10.4. The predicted octanol–water partition coefficient (Wildman–Crippen LogP) is 9.81. The normalized spacial score (nSPS) is 12.4. The maximum atomic E-state index is 12.5. The van der Waals surface area contributed by atoms with Crippen LogP contribution in [0.15, 0.2) is 0 Å². The standard InChI is InChI=1S/C37H72O7/c1-3-5-7-9-11-13-15-17-19-21-23-25-27-29-35(40)43-37(42,33-34(39)31-32-38)44-36(41)30-28-26-24-22-20-18-16-14-12-10-8-6-4-2/h34,38-39,42H,3-33H2,1-2H3. The lowest BCUT2D eigenvalue weighted by Gasteiger charge is -2.28. The number of hydrogen-bond donors (Lipinski definition) is 3. The molecule has 0 aliphatic rings. The Kier molecular flexibility index (Phi) is 30.9. The summed E-state index contributed by atoms with van der Waals surface area (Å²) in [6, 6.07) is 0. The second-order valence-corrected chi connectivity index (χ2v) is 13.0. The minimum atomic E-state index is -2.52. The van der Waals surface area contributed by atoms with Gasteiger partial charge in [-0.1, -0.05) is 168 Å². The molecule has 0 bridgehead atoms. The first kappa shape index (κ1) is 42.8. The molecule has 1 unspecified atom stereocenters. The van der Waals surface area contributed by atoms with Crippen LogP contribution in [0.5, 0.6) is 0 Å². The number of esters is 2. The summed E-state index contributed by atoms with van der Waals surface area (Å²) in [7, 11) is 0. The molecule has 0 aromatic heterocycles. The van der Waals surface area contributed by atoms with Crippen molar-refractivity contribution in [2.75, 3.05) is 6.61 Å². The van der Waals surface area contributed by atoms with E-state index in [1.807, 2.05) is 0 Å². The number of rotatable bonds is 34. The Bertz CT molecular complexity index is 595. The van der Waals surface area contributed by atoms with Gasteiger partial charge in [0, 0.05) is 19.4 Å². The Hall–Kier alpha value is -1.18. The Morgan fingerprint density at radius 3 is 1.07 bits per heavy atom. The zero-order valence-corrected chi connectivity index (χ0v) is 29.0. The smallest absolute Gasteiger partial charge is 0.375 e. The van der Waals surface area contributed by atoms with Gasteiger partial charge in [-0.15, -0.1) is 0 Å². The fourth-order valence-corrected chi connectivity index (χ4v) is 5.69. The van der Waals surface area contributed by atoms with Crippen LogP contribution in [-0.4, -0.2) is 45.9 Å². The third-order valence-corrected chi connectivity index (χ3v) is 8.47. The summed E-state index contributed by atoms with van der Waals surface area (Å²) >= 11 is 0. The molecule has 0 saturated carbocycles. The van der Waals surface area contributed by atoms with Crippen molar-refractivity contribution in [3.8, 4) is 0 Å². The summed E-state index contributed by atoms with van der Waals surface area (Å²) in [6.07, 6.45) is 29.7. The molecular weight excluding hydrogens is 556 g/mol. The molecule has 7 heteroatoms. The van der Waals surface area contributed by atoms with Crippen LogP contribution in [0.4, 0.5) is 0 Å². The number of hydrogen-bond acceptors (Lipinski definition) is 7. The van der Waals surface area contributed by atoms with Gasteiger partial charge in [-0.2, -0.15) is 0 Å². The molecule has 3 N–H and O–H groups in total. The highest BCUT2D eigenvalue weighted by Gasteiger charge is 2.38. The number of ether oxygens (including phenoxy) is 2. The quantitative estimate of drug-likeness (QED) is 0.0369. The van der Waals surface area contributed by atoms with Crippen molar-refractivity contribution in [2.24, 2.45) is 0 Å². The third kappa shape index (κ3) is 29.5. The number of aliphatic hydroxyl groups excluding tert-OH is 2. The van der Waals surface area contributed by atoms with E-state index in [4.69, 9.17) is 14.6 Å².